The Morgan fingerprint density at radius 3 is 2.59 bits per heavy atom. The number of aromatic nitrogens is 2. The Labute approximate surface area is 135 Å². The Morgan fingerprint density at radius 1 is 1.18 bits per heavy atom. The van der Waals surface area contributed by atoms with Gasteiger partial charge in [-0.05, 0) is 30.3 Å². The number of halogens is 1. The van der Waals surface area contributed by atoms with Crippen molar-refractivity contribution in [2.24, 2.45) is 0 Å². The molecule has 0 saturated carbocycles. The lowest BCUT2D eigenvalue weighted by Gasteiger charge is -2.16. The van der Waals surface area contributed by atoms with Gasteiger partial charge in [-0.15, -0.1) is 11.3 Å². The van der Waals surface area contributed by atoms with Gasteiger partial charge in [0.2, 0.25) is 10.0 Å². The molecule has 0 spiro atoms. The van der Waals surface area contributed by atoms with Gasteiger partial charge in [-0.3, -0.25) is 0 Å². The fourth-order valence-electron chi connectivity index (χ4n) is 2.09. The molecule has 0 amide bonds. The highest BCUT2D eigenvalue weighted by atomic mass is 35.5. The zero-order valence-corrected chi connectivity index (χ0v) is 13.8. The number of aromatic amines is 2. The van der Waals surface area contributed by atoms with Crippen molar-refractivity contribution in [3.05, 3.63) is 50.0 Å². The van der Waals surface area contributed by atoms with Crippen LogP contribution in [0, 0.1) is 0 Å². The van der Waals surface area contributed by atoms with E-state index in [1.54, 1.807) is 18.2 Å². The third kappa shape index (κ3) is 2.82. The fourth-order valence-corrected chi connectivity index (χ4v) is 4.49. The van der Waals surface area contributed by atoms with Crippen LogP contribution >= 0.6 is 22.9 Å². The van der Waals surface area contributed by atoms with Gasteiger partial charge in [0.25, 0.3) is 0 Å². The van der Waals surface area contributed by atoms with Crippen LogP contribution in [0.15, 0.2) is 40.0 Å². The van der Waals surface area contributed by atoms with E-state index in [4.69, 9.17) is 11.6 Å². The minimum absolute atomic E-state index is 0.125. The third-order valence-corrected chi connectivity index (χ3v) is 6.22. The van der Waals surface area contributed by atoms with E-state index in [1.165, 1.54) is 34.8 Å². The van der Waals surface area contributed by atoms with E-state index in [1.807, 2.05) is 0 Å². The second-order valence-corrected chi connectivity index (χ2v) is 8.60. The Balaban J connectivity index is 1.94. The van der Waals surface area contributed by atoms with Crippen LogP contribution in [0.1, 0.15) is 4.88 Å². The van der Waals surface area contributed by atoms with E-state index >= 15 is 0 Å². The third-order valence-electron chi connectivity index (χ3n) is 3.20. The molecular weight excluding hydrogens is 346 g/mol. The highest BCUT2D eigenvalue weighted by molar-refractivity contribution is 7.89. The highest BCUT2D eigenvalue weighted by Gasteiger charge is 2.22. The van der Waals surface area contributed by atoms with Crippen LogP contribution < -0.4 is 5.69 Å². The van der Waals surface area contributed by atoms with Crippen LogP contribution in [0.3, 0.4) is 0 Å². The first kappa shape index (κ1) is 15.3. The van der Waals surface area contributed by atoms with Crippen molar-refractivity contribution in [3.63, 3.8) is 0 Å². The van der Waals surface area contributed by atoms with Crippen molar-refractivity contribution < 1.29 is 8.42 Å². The highest BCUT2D eigenvalue weighted by Crippen LogP contribution is 2.25. The number of H-pyrrole nitrogens is 2. The van der Waals surface area contributed by atoms with Crippen LogP contribution in [0.4, 0.5) is 0 Å². The van der Waals surface area contributed by atoms with Crippen LogP contribution in [0.5, 0.6) is 0 Å². The molecule has 0 atom stereocenters. The van der Waals surface area contributed by atoms with Gasteiger partial charge in [0.05, 0.1) is 20.3 Å². The van der Waals surface area contributed by atoms with Gasteiger partial charge < -0.3 is 9.97 Å². The van der Waals surface area contributed by atoms with Crippen molar-refractivity contribution in [2.75, 3.05) is 7.05 Å². The smallest absolute Gasteiger partial charge is 0.306 e. The quantitative estimate of drug-likeness (QED) is 0.751. The summed E-state index contributed by atoms with van der Waals surface area (Å²) in [5, 5.41) is 0. The largest absolute Gasteiger partial charge is 0.323 e. The molecule has 6 nitrogen and oxygen atoms in total. The molecule has 0 aliphatic carbocycles. The standard InChI is InChI=1S/C13H12ClN3O3S2/c1-17(7-8-2-5-12(14)21-8)22(19,20)9-3-4-10-11(6-9)16-13(18)15-10/h2-6H,7H2,1H3,(H2,15,16,18). The lowest BCUT2D eigenvalue weighted by atomic mass is 10.3. The summed E-state index contributed by atoms with van der Waals surface area (Å²) in [5.74, 6) is 0. The molecule has 2 N–H and O–H groups in total. The molecule has 0 fully saturated rings. The number of hydrogen-bond donors (Lipinski definition) is 2. The number of thiophene rings is 1. The lowest BCUT2D eigenvalue weighted by Crippen LogP contribution is -2.26. The number of nitrogens with zero attached hydrogens (tertiary/aromatic N) is 1. The normalized spacial score (nSPS) is 12.3. The van der Waals surface area contributed by atoms with E-state index in [2.05, 4.69) is 9.97 Å². The molecule has 9 heteroatoms. The summed E-state index contributed by atoms with van der Waals surface area (Å²) >= 11 is 7.20. The Morgan fingerprint density at radius 2 is 1.91 bits per heavy atom. The van der Waals surface area contributed by atoms with Crippen LogP contribution in [-0.4, -0.2) is 29.7 Å². The predicted octanol–water partition coefficient (Wildman–Crippen LogP) is 2.39. The maximum Gasteiger partial charge on any atom is 0.323 e. The molecule has 3 aromatic rings. The first-order valence-corrected chi connectivity index (χ1v) is 8.92. The van der Waals surface area contributed by atoms with E-state index in [0.717, 1.165) is 4.88 Å². The molecule has 0 bridgehead atoms. The van der Waals surface area contributed by atoms with Gasteiger partial charge in [0.1, 0.15) is 0 Å². The second-order valence-electron chi connectivity index (χ2n) is 4.75. The van der Waals surface area contributed by atoms with Gasteiger partial charge in [-0.2, -0.15) is 4.31 Å². The molecule has 1 aromatic carbocycles. The maximum absolute atomic E-state index is 12.6. The topological polar surface area (TPSA) is 86.0 Å². The number of fused-ring (bicyclic) bond motifs is 1. The van der Waals surface area contributed by atoms with Crippen molar-refractivity contribution in [3.8, 4) is 0 Å². The minimum Gasteiger partial charge on any atom is -0.306 e. The average molecular weight is 358 g/mol. The van der Waals surface area contributed by atoms with Gasteiger partial charge in [-0.1, -0.05) is 11.6 Å². The average Bonchev–Trinajstić information content (AvgIpc) is 3.02. The van der Waals surface area contributed by atoms with Crippen LogP contribution in [0.25, 0.3) is 11.0 Å². The Kier molecular flexibility index (Phi) is 3.85. The number of rotatable bonds is 4. The van der Waals surface area contributed by atoms with E-state index in [-0.39, 0.29) is 17.1 Å². The number of imidazole rings is 1. The van der Waals surface area contributed by atoms with Gasteiger partial charge in [0.15, 0.2) is 0 Å². The summed E-state index contributed by atoms with van der Waals surface area (Å²) < 4.78 is 27.0. The summed E-state index contributed by atoms with van der Waals surface area (Å²) in [4.78, 5) is 17.4. The summed E-state index contributed by atoms with van der Waals surface area (Å²) in [5.41, 5.74) is 0.654. The molecule has 116 valence electrons. The van der Waals surface area contributed by atoms with Gasteiger partial charge in [-0.25, -0.2) is 13.2 Å². The molecular formula is C13H12ClN3O3S2. The van der Waals surface area contributed by atoms with Crippen molar-refractivity contribution >= 4 is 44.0 Å². The van der Waals surface area contributed by atoms with E-state index < -0.39 is 10.0 Å². The summed E-state index contributed by atoms with van der Waals surface area (Å²) in [6.07, 6.45) is 0. The molecule has 22 heavy (non-hydrogen) atoms. The van der Waals surface area contributed by atoms with Gasteiger partial charge >= 0.3 is 5.69 Å². The number of sulfonamides is 1. The monoisotopic (exact) mass is 357 g/mol. The van der Waals surface area contributed by atoms with Gasteiger partial charge in [0, 0.05) is 18.5 Å². The molecule has 0 saturated heterocycles. The summed E-state index contributed by atoms with van der Waals surface area (Å²) in [6.45, 7) is 0.238. The molecule has 0 radical (unpaired) electrons. The molecule has 0 aliphatic heterocycles. The number of benzene rings is 1. The second kappa shape index (κ2) is 5.54. The van der Waals surface area contributed by atoms with E-state index in [9.17, 15) is 13.2 Å². The fraction of sp³-hybridized carbons (Fsp3) is 0.154. The minimum atomic E-state index is -3.65. The lowest BCUT2D eigenvalue weighted by molar-refractivity contribution is 0.470. The van der Waals surface area contributed by atoms with Crippen molar-refractivity contribution in [1.29, 1.82) is 0 Å². The summed E-state index contributed by atoms with van der Waals surface area (Å²) in [7, 11) is -2.14. The molecule has 0 unspecified atom stereocenters. The maximum atomic E-state index is 12.6. The van der Waals surface area contributed by atoms with Crippen molar-refractivity contribution in [2.45, 2.75) is 11.4 Å². The Bertz CT molecular complexity index is 987. The molecule has 2 heterocycles. The molecule has 0 aliphatic rings. The van der Waals surface area contributed by atoms with Crippen LogP contribution in [-0.2, 0) is 16.6 Å². The SMILES string of the molecule is CN(Cc1ccc(Cl)s1)S(=O)(=O)c1ccc2[nH]c(=O)[nH]c2c1. The van der Waals surface area contributed by atoms with Crippen LogP contribution in [0.2, 0.25) is 4.34 Å². The zero-order valence-electron chi connectivity index (χ0n) is 11.5. The van der Waals surface area contributed by atoms with E-state index in [0.29, 0.717) is 15.4 Å². The zero-order chi connectivity index (χ0) is 15.9. The Hall–Kier alpha value is -1.61. The van der Waals surface area contributed by atoms with Crippen molar-refractivity contribution in [1.82, 2.24) is 14.3 Å². The first-order valence-electron chi connectivity index (χ1n) is 6.29. The number of hydrogen-bond acceptors (Lipinski definition) is 4. The summed E-state index contributed by atoms with van der Waals surface area (Å²) in [6, 6.07) is 8.01. The first-order chi connectivity index (χ1) is 10.4. The predicted molar refractivity (Wildman–Crippen MR) is 86.9 cm³/mol. The number of nitrogens with one attached hydrogen (secondary N) is 2. The molecule has 2 aromatic heterocycles. The molecule has 3 rings (SSSR count).